The summed E-state index contributed by atoms with van der Waals surface area (Å²) in [5, 5.41) is 0. The molecule has 1 spiro atoms. The van der Waals surface area contributed by atoms with E-state index in [1.54, 1.807) is 0 Å². The Bertz CT molecular complexity index is 4140. The second-order valence-corrected chi connectivity index (χ2v) is 23.5. The van der Waals surface area contributed by atoms with E-state index in [0.29, 0.717) is 5.92 Å². The van der Waals surface area contributed by atoms with Crippen molar-refractivity contribution in [1.82, 2.24) is 0 Å². The molecule has 0 amide bonds. The van der Waals surface area contributed by atoms with Crippen molar-refractivity contribution in [3.05, 3.63) is 300 Å². The Morgan fingerprint density at radius 2 is 0.772 bits per heavy atom. The van der Waals surface area contributed by atoms with Crippen LogP contribution in [0.25, 0.3) is 55.6 Å². The van der Waals surface area contributed by atoms with Crippen molar-refractivity contribution in [3.63, 3.8) is 0 Å². The van der Waals surface area contributed by atoms with Crippen molar-refractivity contribution in [1.29, 1.82) is 0 Å². The smallest absolute Gasteiger partial charge is 0.0727 e. The molecule has 2 fully saturated rings. The molecule has 2 saturated carbocycles. The Morgan fingerprint density at radius 3 is 1.29 bits per heavy atom. The van der Waals surface area contributed by atoms with Gasteiger partial charge in [0.15, 0.2) is 0 Å². The van der Waals surface area contributed by atoms with Gasteiger partial charge in [-0.05, 0) is 158 Å². The minimum Gasteiger partial charge on any atom is -0.309 e. The summed E-state index contributed by atoms with van der Waals surface area (Å²) in [7, 11) is 0. The molecule has 5 aliphatic carbocycles. The van der Waals surface area contributed by atoms with Crippen LogP contribution in [0, 0.1) is 11.8 Å². The molecule has 79 heavy (non-hydrogen) atoms. The minimum absolute atomic E-state index is 0.119. The molecule has 2 heteroatoms. The predicted molar refractivity (Wildman–Crippen MR) is 329 cm³/mol. The summed E-state index contributed by atoms with van der Waals surface area (Å²) in [6.45, 7) is 4.77. The topological polar surface area (TPSA) is 6.48 Å². The van der Waals surface area contributed by atoms with Crippen LogP contribution in [0.2, 0.25) is 0 Å². The lowest BCUT2D eigenvalue weighted by atomic mass is 9.70. The minimum atomic E-state index is -0.664. The second-order valence-electron chi connectivity index (χ2n) is 23.5. The second kappa shape index (κ2) is 17.8. The Balaban J connectivity index is 1.01. The summed E-state index contributed by atoms with van der Waals surface area (Å²) in [6.07, 6.45) is 5.51. The van der Waals surface area contributed by atoms with E-state index >= 15 is 0 Å². The molecule has 11 aromatic rings. The average molecular weight is 1010 g/mol. The highest BCUT2D eigenvalue weighted by Gasteiger charge is 2.54. The quantitative estimate of drug-likeness (QED) is 0.142. The summed E-state index contributed by atoms with van der Waals surface area (Å²) >= 11 is 0. The number of hydrogen-bond acceptors (Lipinski definition) is 2. The highest BCUT2D eigenvalue weighted by Crippen LogP contribution is 2.68. The zero-order valence-electron chi connectivity index (χ0n) is 44.8. The lowest BCUT2D eigenvalue weighted by molar-refractivity contribution is 0.420. The molecule has 0 radical (unpaired) electrons. The molecule has 0 N–H and O–H groups in total. The molecule has 5 aliphatic rings. The van der Waals surface area contributed by atoms with Crippen LogP contribution in [0.1, 0.15) is 84.4 Å². The third kappa shape index (κ3) is 6.77. The van der Waals surface area contributed by atoms with E-state index in [2.05, 4.69) is 285 Å². The highest BCUT2D eigenvalue weighted by molar-refractivity contribution is 6.09. The Morgan fingerprint density at radius 1 is 0.329 bits per heavy atom. The van der Waals surface area contributed by atoms with Crippen LogP contribution in [-0.4, -0.2) is 0 Å². The van der Waals surface area contributed by atoms with Crippen molar-refractivity contribution < 1.29 is 0 Å². The van der Waals surface area contributed by atoms with Crippen molar-refractivity contribution in [2.75, 3.05) is 9.80 Å². The first-order valence-electron chi connectivity index (χ1n) is 28.7. The number of benzene rings is 11. The molecule has 378 valence electrons. The summed E-state index contributed by atoms with van der Waals surface area (Å²) < 4.78 is 0. The Labute approximate surface area is 465 Å². The van der Waals surface area contributed by atoms with Crippen LogP contribution in [0.3, 0.4) is 0 Å². The number of nitrogens with zero attached hydrogens (tertiary/aromatic N) is 2. The normalized spacial score (nSPS) is 19.1. The van der Waals surface area contributed by atoms with E-state index in [1.807, 2.05) is 0 Å². The molecular weight excluding hydrogens is 953 g/mol. The van der Waals surface area contributed by atoms with E-state index in [-0.39, 0.29) is 5.41 Å². The van der Waals surface area contributed by atoms with Gasteiger partial charge < -0.3 is 9.80 Å². The number of rotatable bonds is 9. The molecule has 0 saturated heterocycles. The Hall–Kier alpha value is -8.98. The van der Waals surface area contributed by atoms with Crippen molar-refractivity contribution in [2.24, 2.45) is 11.8 Å². The van der Waals surface area contributed by atoms with Gasteiger partial charge in [0, 0.05) is 50.4 Å². The lowest BCUT2D eigenvalue weighted by Gasteiger charge is -2.34. The van der Waals surface area contributed by atoms with Gasteiger partial charge in [0.2, 0.25) is 0 Å². The first-order valence-corrected chi connectivity index (χ1v) is 28.7. The fourth-order valence-corrected chi connectivity index (χ4v) is 15.8. The summed E-state index contributed by atoms with van der Waals surface area (Å²) in [6, 6.07) is 99.0. The maximum atomic E-state index is 2.61. The van der Waals surface area contributed by atoms with Crippen LogP contribution in [0.4, 0.5) is 34.1 Å². The third-order valence-electron chi connectivity index (χ3n) is 19.2. The molecule has 4 atom stereocenters. The number of hydrogen-bond donors (Lipinski definition) is 0. The van der Waals surface area contributed by atoms with Crippen LogP contribution >= 0.6 is 0 Å². The van der Waals surface area contributed by atoms with Gasteiger partial charge in [-0.1, -0.05) is 233 Å². The van der Waals surface area contributed by atoms with Crippen LogP contribution < -0.4 is 9.80 Å². The summed E-state index contributed by atoms with van der Waals surface area (Å²) in [4.78, 5) is 5.12. The maximum absolute atomic E-state index is 2.61. The van der Waals surface area contributed by atoms with Gasteiger partial charge in [-0.25, -0.2) is 0 Å². The molecular formula is C77H60N2. The third-order valence-corrected chi connectivity index (χ3v) is 19.2. The first-order chi connectivity index (χ1) is 39.0. The molecule has 16 rings (SSSR count). The molecule has 0 aromatic heterocycles. The number of fused-ring (bicyclic) bond motifs is 15. The SMILES string of the molecule is CC1(C)c2ccccc2-c2cc(N(c3ccccc3)c3c(-c4ccc(C5CC6CCC5C6)cc4)ccc4c3-c3ccccc3C43c4ccccc4-c4c3ccc(-c3ccccc3)c4N(c3ccccc3)c3ccccc3)ccc21. The number of para-hydroxylation sites is 3. The highest BCUT2D eigenvalue weighted by atomic mass is 15.2. The fourth-order valence-electron chi connectivity index (χ4n) is 15.8. The van der Waals surface area contributed by atoms with E-state index in [0.717, 1.165) is 34.6 Å². The summed E-state index contributed by atoms with van der Waals surface area (Å²) in [5.74, 6) is 2.37. The zero-order valence-corrected chi connectivity index (χ0v) is 44.8. The van der Waals surface area contributed by atoms with Gasteiger partial charge in [-0.3, -0.25) is 0 Å². The largest absolute Gasteiger partial charge is 0.309 e. The molecule has 0 aliphatic heterocycles. The molecule has 4 unspecified atom stereocenters. The van der Waals surface area contributed by atoms with E-state index < -0.39 is 5.41 Å². The van der Waals surface area contributed by atoms with Crippen LogP contribution in [-0.2, 0) is 10.8 Å². The van der Waals surface area contributed by atoms with Crippen molar-refractivity contribution in [2.45, 2.75) is 56.3 Å². The number of anilines is 6. The van der Waals surface area contributed by atoms with Gasteiger partial charge in [0.25, 0.3) is 0 Å². The van der Waals surface area contributed by atoms with Crippen LogP contribution in [0.5, 0.6) is 0 Å². The van der Waals surface area contributed by atoms with E-state index in [9.17, 15) is 0 Å². The molecule has 2 nitrogen and oxygen atoms in total. The average Bonchev–Trinajstić information content (AvgIpc) is 3.28. The molecule has 0 heterocycles. The maximum Gasteiger partial charge on any atom is 0.0727 e. The predicted octanol–water partition coefficient (Wildman–Crippen LogP) is 20.5. The standard InChI is InChI=1S/C77H60N2/c1-76(2)66-32-18-15-29-61(66)65-49-58(41-44-67(65)76)79(57-27-13-6-14-28-57)75-60(52-37-39-53(40-38-52)64-48-50-35-36-54(64)47-50)43-46-71-73(75)63-31-17-20-34-69(63)77(71)68-33-19-16-30-62(68)72-70(77)45-42-59(51-21-7-3-8-22-51)74(72)78(55-23-9-4-10-24-55)56-25-11-5-12-26-56/h3-34,37-46,49-50,54,64H,35-36,47-48H2,1-2H3. The van der Waals surface area contributed by atoms with E-state index in [4.69, 9.17) is 0 Å². The Kier molecular flexibility index (Phi) is 10.4. The molecule has 11 aromatic carbocycles. The fraction of sp³-hybridized carbons (Fsp3) is 0.143. The monoisotopic (exact) mass is 1010 g/mol. The van der Waals surface area contributed by atoms with Gasteiger partial charge in [-0.15, -0.1) is 0 Å². The van der Waals surface area contributed by atoms with Crippen molar-refractivity contribution >= 4 is 34.1 Å². The zero-order chi connectivity index (χ0) is 52.4. The molecule has 2 bridgehead atoms. The van der Waals surface area contributed by atoms with Gasteiger partial charge >= 0.3 is 0 Å². The van der Waals surface area contributed by atoms with Gasteiger partial charge in [0.1, 0.15) is 0 Å². The van der Waals surface area contributed by atoms with Crippen LogP contribution in [0.15, 0.2) is 261 Å². The van der Waals surface area contributed by atoms with Gasteiger partial charge in [0.05, 0.1) is 16.8 Å². The van der Waals surface area contributed by atoms with Gasteiger partial charge in [-0.2, -0.15) is 0 Å². The first kappa shape index (κ1) is 46.1. The summed E-state index contributed by atoms with van der Waals surface area (Å²) in [5.41, 5.74) is 28.1. The van der Waals surface area contributed by atoms with Crippen molar-refractivity contribution in [3.8, 4) is 55.6 Å². The lowest BCUT2D eigenvalue weighted by Crippen LogP contribution is -2.26. The van der Waals surface area contributed by atoms with E-state index in [1.165, 1.54) is 132 Å².